The third-order valence-corrected chi connectivity index (χ3v) is 4.33. The number of halogens is 4. The molecule has 1 heterocycles. The first-order valence-electron chi connectivity index (χ1n) is 7.14. The number of anilines is 1. The molecule has 0 bridgehead atoms. The topological polar surface area (TPSA) is 68.5 Å². The smallest absolute Gasteiger partial charge is 0.374 e. The summed E-state index contributed by atoms with van der Waals surface area (Å²) in [5.74, 6) is -1.46. The maximum atomic E-state index is 12.0. The third-order valence-electron chi connectivity index (χ3n) is 3.29. The van der Waals surface area contributed by atoms with E-state index in [-0.39, 0.29) is 21.5 Å². The molecule has 134 valence electrons. The fourth-order valence-electron chi connectivity index (χ4n) is 2.15. The molecule has 0 saturated heterocycles. The van der Waals surface area contributed by atoms with Crippen LogP contribution in [0.4, 0.5) is 5.69 Å². The molecule has 26 heavy (non-hydrogen) atoms. The number of carbonyl (C=O) groups excluding carboxylic acids is 2. The summed E-state index contributed by atoms with van der Waals surface area (Å²) in [7, 11) is 0. The molecule has 0 aliphatic rings. The van der Waals surface area contributed by atoms with Crippen LogP contribution in [0.5, 0.6) is 0 Å². The van der Waals surface area contributed by atoms with E-state index in [0.717, 1.165) is 0 Å². The van der Waals surface area contributed by atoms with Crippen LogP contribution in [-0.2, 0) is 9.53 Å². The van der Waals surface area contributed by atoms with E-state index in [1.807, 2.05) is 0 Å². The zero-order chi connectivity index (χ0) is 18.8. The molecule has 1 amide bonds. The lowest BCUT2D eigenvalue weighted by Crippen LogP contribution is -2.21. The van der Waals surface area contributed by atoms with E-state index in [2.05, 4.69) is 5.32 Å². The van der Waals surface area contributed by atoms with Crippen LogP contribution in [0.2, 0.25) is 20.1 Å². The van der Waals surface area contributed by atoms with Crippen LogP contribution in [0.1, 0.15) is 10.6 Å². The summed E-state index contributed by atoms with van der Waals surface area (Å²) in [6, 6.07) is 9.25. The lowest BCUT2D eigenvalue weighted by molar-refractivity contribution is -0.119. The molecule has 9 heteroatoms. The Morgan fingerprint density at radius 1 is 0.962 bits per heavy atom. The molecule has 0 radical (unpaired) electrons. The third kappa shape index (κ3) is 4.24. The molecule has 1 N–H and O–H groups in total. The number of fused-ring (bicyclic) bond motifs is 1. The molecule has 1 aromatic heterocycles. The van der Waals surface area contributed by atoms with Crippen molar-refractivity contribution >= 4 is 74.9 Å². The Morgan fingerprint density at radius 3 is 2.35 bits per heavy atom. The van der Waals surface area contributed by atoms with Crippen molar-refractivity contribution in [3.05, 3.63) is 62.2 Å². The second-order valence-electron chi connectivity index (χ2n) is 5.16. The molecule has 0 fully saturated rings. The van der Waals surface area contributed by atoms with Crippen LogP contribution in [0.3, 0.4) is 0 Å². The van der Waals surface area contributed by atoms with Gasteiger partial charge in [-0.05, 0) is 36.4 Å². The summed E-state index contributed by atoms with van der Waals surface area (Å²) in [5, 5.41) is 4.27. The van der Waals surface area contributed by atoms with Crippen molar-refractivity contribution in [3.63, 3.8) is 0 Å². The van der Waals surface area contributed by atoms with Crippen molar-refractivity contribution in [2.75, 3.05) is 11.9 Å². The maximum Gasteiger partial charge on any atom is 0.374 e. The molecule has 5 nitrogen and oxygen atoms in total. The number of ether oxygens (including phenoxy) is 1. The van der Waals surface area contributed by atoms with E-state index in [9.17, 15) is 9.59 Å². The molecular formula is C17H9Cl4NO4. The lowest BCUT2D eigenvalue weighted by atomic mass is 10.2. The van der Waals surface area contributed by atoms with E-state index in [4.69, 9.17) is 55.6 Å². The summed E-state index contributed by atoms with van der Waals surface area (Å²) in [4.78, 5) is 24.0. The van der Waals surface area contributed by atoms with Crippen LogP contribution in [-0.4, -0.2) is 18.5 Å². The van der Waals surface area contributed by atoms with Crippen molar-refractivity contribution in [1.82, 2.24) is 0 Å². The second kappa shape index (κ2) is 7.76. The molecule has 3 aromatic rings. The SMILES string of the molecule is O=C(COC(=O)c1cc2cc(Cl)ccc2o1)Nc1c(Cl)cc(Cl)cc1Cl. The van der Waals surface area contributed by atoms with Crippen LogP contribution < -0.4 is 5.32 Å². The lowest BCUT2D eigenvalue weighted by Gasteiger charge is -2.09. The van der Waals surface area contributed by atoms with Gasteiger partial charge in [0.05, 0.1) is 15.7 Å². The van der Waals surface area contributed by atoms with Gasteiger partial charge in [-0.25, -0.2) is 4.79 Å². The highest BCUT2D eigenvalue weighted by Crippen LogP contribution is 2.33. The van der Waals surface area contributed by atoms with Crippen molar-refractivity contribution in [2.45, 2.75) is 0 Å². The molecule has 0 aliphatic carbocycles. The number of hydrogen-bond donors (Lipinski definition) is 1. The van der Waals surface area contributed by atoms with Gasteiger partial charge < -0.3 is 14.5 Å². The molecule has 0 unspecified atom stereocenters. The first-order valence-corrected chi connectivity index (χ1v) is 8.65. The summed E-state index contributed by atoms with van der Waals surface area (Å²) >= 11 is 23.6. The Kier molecular flexibility index (Phi) is 5.63. The minimum Gasteiger partial charge on any atom is -0.450 e. The summed E-state index contributed by atoms with van der Waals surface area (Å²) in [5.41, 5.74) is 0.655. The van der Waals surface area contributed by atoms with Gasteiger partial charge in [-0.3, -0.25) is 4.79 Å². The molecule has 0 aliphatic heterocycles. The quantitative estimate of drug-likeness (QED) is 0.525. The number of rotatable bonds is 4. The average molecular weight is 433 g/mol. The number of benzene rings is 2. The predicted octanol–water partition coefficient (Wildman–Crippen LogP) is 5.84. The highest BCUT2D eigenvalue weighted by Gasteiger charge is 2.17. The van der Waals surface area contributed by atoms with Crippen LogP contribution >= 0.6 is 46.4 Å². The molecule has 0 spiro atoms. The number of esters is 1. The zero-order valence-corrected chi connectivity index (χ0v) is 15.8. The molecule has 2 aromatic carbocycles. The van der Waals surface area contributed by atoms with E-state index in [0.29, 0.717) is 21.0 Å². The first-order chi connectivity index (χ1) is 12.3. The summed E-state index contributed by atoms with van der Waals surface area (Å²) < 4.78 is 10.3. The number of amides is 1. The minimum atomic E-state index is -0.791. The van der Waals surface area contributed by atoms with Gasteiger partial charge in [-0.2, -0.15) is 0 Å². The second-order valence-corrected chi connectivity index (χ2v) is 6.85. The van der Waals surface area contributed by atoms with Gasteiger partial charge in [0.25, 0.3) is 5.91 Å². The Hall–Kier alpha value is -1.92. The largest absolute Gasteiger partial charge is 0.450 e. The van der Waals surface area contributed by atoms with Crippen LogP contribution in [0, 0.1) is 0 Å². The maximum absolute atomic E-state index is 12.0. The molecular weight excluding hydrogens is 424 g/mol. The van der Waals surface area contributed by atoms with Gasteiger partial charge in [0, 0.05) is 15.4 Å². The minimum absolute atomic E-state index is 0.0439. The van der Waals surface area contributed by atoms with Gasteiger partial charge in [-0.15, -0.1) is 0 Å². The Bertz CT molecular complexity index is 992. The van der Waals surface area contributed by atoms with Gasteiger partial charge in [0.15, 0.2) is 6.61 Å². The number of carbonyl (C=O) groups is 2. The van der Waals surface area contributed by atoms with Crippen LogP contribution in [0.25, 0.3) is 11.0 Å². The van der Waals surface area contributed by atoms with Gasteiger partial charge in [-0.1, -0.05) is 46.4 Å². The number of hydrogen-bond acceptors (Lipinski definition) is 4. The van der Waals surface area contributed by atoms with E-state index in [1.54, 1.807) is 18.2 Å². The zero-order valence-electron chi connectivity index (χ0n) is 12.8. The predicted molar refractivity (Wildman–Crippen MR) is 102 cm³/mol. The molecule has 3 rings (SSSR count). The summed E-state index contributed by atoms with van der Waals surface area (Å²) in [6.07, 6.45) is 0. The fourth-order valence-corrected chi connectivity index (χ4v) is 3.25. The van der Waals surface area contributed by atoms with Crippen molar-refractivity contribution in [2.24, 2.45) is 0 Å². The van der Waals surface area contributed by atoms with Gasteiger partial charge in [0.1, 0.15) is 5.58 Å². The fraction of sp³-hybridized carbons (Fsp3) is 0.0588. The number of furan rings is 1. The van der Waals surface area contributed by atoms with Crippen LogP contribution in [0.15, 0.2) is 40.8 Å². The number of nitrogens with one attached hydrogen (secondary N) is 1. The normalized spacial score (nSPS) is 10.8. The van der Waals surface area contributed by atoms with Crippen molar-refractivity contribution in [3.8, 4) is 0 Å². The monoisotopic (exact) mass is 431 g/mol. The first kappa shape index (κ1) is 18.9. The standard InChI is InChI=1S/C17H9Cl4NO4/c18-9-1-2-13-8(3-9)4-14(26-13)17(24)25-7-15(23)22-16-11(20)5-10(19)6-12(16)21/h1-6H,7H2,(H,22,23). The summed E-state index contributed by atoms with van der Waals surface area (Å²) in [6.45, 7) is -0.550. The average Bonchev–Trinajstić information content (AvgIpc) is 2.99. The Labute approximate surface area is 167 Å². The van der Waals surface area contributed by atoms with Crippen molar-refractivity contribution in [1.29, 1.82) is 0 Å². The highest BCUT2D eigenvalue weighted by molar-refractivity contribution is 6.42. The molecule has 0 saturated carbocycles. The molecule has 0 atom stereocenters. The van der Waals surface area contributed by atoms with E-state index < -0.39 is 18.5 Å². The van der Waals surface area contributed by atoms with Crippen molar-refractivity contribution < 1.29 is 18.7 Å². The van der Waals surface area contributed by atoms with Gasteiger partial charge in [0.2, 0.25) is 5.76 Å². The van der Waals surface area contributed by atoms with E-state index in [1.165, 1.54) is 18.2 Å². The van der Waals surface area contributed by atoms with E-state index >= 15 is 0 Å². The Morgan fingerprint density at radius 2 is 1.65 bits per heavy atom. The van der Waals surface area contributed by atoms with Gasteiger partial charge >= 0.3 is 5.97 Å². The Balaban J connectivity index is 1.64. The highest BCUT2D eigenvalue weighted by atomic mass is 35.5.